The van der Waals surface area contributed by atoms with Crippen molar-refractivity contribution < 1.29 is 9.47 Å². The van der Waals surface area contributed by atoms with Gasteiger partial charge in [-0.05, 0) is 35.7 Å². The molecule has 26 heavy (non-hydrogen) atoms. The number of methoxy groups -OCH3 is 1. The molecular formula is C23H25NO2. The van der Waals surface area contributed by atoms with E-state index in [1.54, 1.807) is 7.11 Å². The fourth-order valence-corrected chi connectivity index (χ4v) is 2.81. The van der Waals surface area contributed by atoms with Crippen molar-refractivity contribution in [3.8, 4) is 11.5 Å². The van der Waals surface area contributed by atoms with Crippen LogP contribution in [0, 0.1) is 0 Å². The van der Waals surface area contributed by atoms with Gasteiger partial charge < -0.3 is 14.8 Å². The number of benzene rings is 3. The molecule has 0 amide bonds. The van der Waals surface area contributed by atoms with Crippen LogP contribution >= 0.6 is 0 Å². The predicted molar refractivity (Wildman–Crippen MR) is 105 cm³/mol. The molecule has 0 fully saturated rings. The molecule has 134 valence electrons. The topological polar surface area (TPSA) is 30.5 Å². The van der Waals surface area contributed by atoms with E-state index in [0.717, 1.165) is 29.2 Å². The maximum Gasteiger partial charge on any atom is 0.161 e. The average molecular weight is 347 g/mol. The third-order valence-electron chi connectivity index (χ3n) is 4.38. The van der Waals surface area contributed by atoms with Crippen LogP contribution in [0.2, 0.25) is 0 Å². The third kappa shape index (κ3) is 4.87. The van der Waals surface area contributed by atoms with E-state index < -0.39 is 0 Å². The summed E-state index contributed by atoms with van der Waals surface area (Å²) in [6, 6.07) is 26.9. The number of rotatable bonds is 8. The first kappa shape index (κ1) is 18.0. The second kappa shape index (κ2) is 9.07. The Morgan fingerprint density at radius 2 is 1.50 bits per heavy atom. The Morgan fingerprint density at radius 3 is 2.19 bits per heavy atom. The van der Waals surface area contributed by atoms with Crippen molar-refractivity contribution in [3.63, 3.8) is 0 Å². The van der Waals surface area contributed by atoms with E-state index >= 15 is 0 Å². The Bertz CT molecular complexity index is 803. The molecule has 0 aliphatic heterocycles. The maximum atomic E-state index is 5.92. The van der Waals surface area contributed by atoms with Gasteiger partial charge in [0.15, 0.2) is 11.5 Å². The van der Waals surface area contributed by atoms with Crippen molar-refractivity contribution in [1.29, 1.82) is 0 Å². The van der Waals surface area contributed by atoms with Crippen molar-refractivity contribution in [2.75, 3.05) is 7.11 Å². The normalized spacial score (nSPS) is 11.8. The lowest BCUT2D eigenvalue weighted by Gasteiger charge is -2.16. The summed E-state index contributed by atoms with van der Waals surface area (Å²) in [6.07, 6.45) is 0. The monoisotopic (exact) mass is 347 g/mol. The van der Waals surface area contributed by atoms with Crippen LogP contribution in [-0.2, 0) is 13.2 Å². The van der Waals surface area contributed by atoms with E-state index in [9.17, 15) is 0 Å². The molecule has 1 N–H and O–H groups in total. The molecule has 3 aromatic rings. The summed E-state index contributed by atoms with van der Waals surface area (Å²) in [5.74, 6) is 1.52. The quantitative estimate of drug-likeness (QED) is 0.613. The second-order valence-corrected chi connectivity index (χ2v) is 6.27. The Balaban J connectivity index is 1.61. The van der Waals surface area contributed by atoms with Gasteiger partial charge in [0, 0.05) is 12.6 Å². The van der Waals surface area contributed by atoms with Gasteiger partial charge in [0.1, 0.15) is 6.61 Å². The van der Waals surface area contributed by atoms with Crippen LogP contribution in [0.25, 0.3) is 0 Å². The molecule has 0 saturated heterocycles. The standard InChI is InChI=1S/C23H25NO2/c1-18(21-11-7-4-8-12-21)24-16-20-13-14-22(23(15-20)25-2)26-17-19-9-5-3-6-10-19/h3-15,18,24H,16-17H2,1-2H3/t18-/m0/s1. The van der Waals surface area contributed by atoms with Crippen LogP contribution in [0.3, 0.4) is 0 Å². The van der Waals surface area contributed by atoms with Crippen molar-refractivity contribution in [2.45, 2.75) is 26.1 Å². The summed E-state index contributed by atoms with van der Waals surface area (Å²) in [4.78, 5) is 0. The predicted octanol–water partition coefficient (Wildman–Crippen LogP) is 5.13. The third-order valence-corrected chi connectivity index (χ3v) is 4.38. The minimum absolute atomic E-state index is 0.288. The van der Waals surface area contributed by atoms with Crippen LogP contribution in [0.4, 0.5) is 0 Å². The molecule has 3 aromatic carbocycles. The van der Waals surface area contributed by atoms with Gasteiger partial charge in [-0.3, -0.25) is 0 Å². The molecule has 1 atom stereocenters. The molecule has 0 radical (unpaired) electrons. The highest BCUT2D eigenvalue weighted by Crippen LogP contribution is 2.29. The van der Waals surface area contributed by atoms with Gasteiger partial charge in [0.25, 0.3) is 0 Å². The van der Waals surface area contributed by atoms with Crippen molar-refractivity contribution in [2.24, 2.45) is 0 Å². The molecule has 3 nitrogen and oxygen atoms in total. The number of hydrogen-bond acceptors (Lipinski definition) is 3. The Morgan fingerprint density at radius 1 is 0.808 bits per heavy atom. The lowest BCUT2D eigenvalue weighted by Crippen LogP contribution is -2.18. The smallest absolute Gasteiger partial charge is 0.161 e. The molecule has 0 spiro atoms. The van der Waals surface area contributed by atoms with E-state index in [4.69, 9.17) is 9.47 Å². The van der Waals surface area contributed by atoms with Gasteiger partial charge in [0.2, 0.25) is 0 Å². The summed E-state index contributed by atoms with van der Waals surface area (Å²) in [6.45, 7) is 3.47. The number of nitrogens with one attached hydrogen (secondary N) is 1. The molecule has 0 heterocycles. The summed E-state index contributed by atoms with van der Waals surface area (Å²) in [5.41, 5.74) is 3.58. The summed E-state index contributed by atoms with van der Waals surface area (Å²) < 4.78 is 11.4. The number of hydrogen-bond donors (Lipinski definition) is 1. The second-order valence-electron chi connectivity index (χ2n) is 6.27. The van der Waals surface area contributed by atoms with E-state index in [1.165, 1.54) is 5.56 Å². The molecule has 0 unspecified atom stereocenters. The van der Waals surface area contributed by atoms with E-state index in [1.807, 2.05) is 36.4 Å². The van der Waals surface area contributed by atoms with Crippen LogP contribution in [0.1, 0.15) is 29.7 Å². The first-order valence-electron chi connectivity index (χ1n) is 8.88. The zero-order chi connectivity index (χ0) is 18.2. The van der Waals surface area contributed by atoms with Gasteiger partial charge in [0.05, 0.1) is 7.11 Å². The SMILES string of the molecule is COc1cc(CN[C@@H](C)c2ccccc2)ccc1OCc1ccccc1. The van der Waals surface area contributed by atoms with Gasteiger partial charge in [-0.25, -0.2) is 0 Å². The summed E-state index contributed by atoms with van der Waals surface area (Å²) in [7, 11) is 1.68. The molecule has 3 rings (SSSR count). The van der Waals surface area contributed by atoms with Gasteiger partial charge in [-0.2, -0.15) is 0 Å². The Hall–Kier alpha value is -2.78. The first-order chi connectivity index (χ1) is 12.8. The van der Waals surface area contributed by atoms with Crippen LogP contribution < -0.4 is 14.8 Å². The lowest BCUT2D eigenvalue weighted by molar-refractivity contribution is 0.284. The summed E-state index contributed by atoms with van der Waals surface area (Å²) >= 11 is 0. The van der Waals surface area contributed by atoms with Crippen molar-refractivity contribution in [1.82, 2.24) is 5.32 Å². The van der Waals surface area contributed by atoms with E-state index in [2.05, 4.69) is 54.7 Å². The molecule has 0 aliphatic rings. The Labute approximate surface area is 155 Å². The fourth-order valence-electron chi connectivity index (χ4n) is 2.81. The van der Waals surface area contributed by atoms with Gasteiger partial charge in [-0.15, -0.1) is 0 Å². The average Bonchev–Trinajstić information content (AvgIpc) is 2.72. The zero-order valence-corrected chi connectivity index (χ0v) is 15.3. The van der Waals surface area contributed by atoms with Crippen LogP contribution in [-0.4, -0.2) is 7.11 Å². The molecular weight excluding hydrogens is 322 g/mol. The van der Waals surface area contributed by atoms with Gasteiger partial charge in [-0.1, -0.05) is 66.7 Å². The lowest BCUT2D eigenvalue weighted by atomic mass is 10.1. The highest BCUT2D eigenvalue weighted by atomic mass is 16.5. The van der Waals surface area contributed by atoms with Crippen LogP contribution in [0.15, 0.2) is 78.9 Å². The highest BCUT2D eigenvalue weighted by molar-refractivity contribution is 5.43. The van der Waals surface area contributed by atoms with Crippen LogP contribution in [0.5, 0.6) is 11.5 Å². The minimum atomic E-state index is 0.288. The highest BCUT2D eigenvalue weighted by Gasteiger charge is 2.08. The number of ether oxygens (including phenoxy) is 2. The molecule has 0 aromatic heterocycles. The minimum Gasteiger partial charge on any atom is -0.493 e. The Kier molecular flexibility index (Phi) is 6.29. The largest absolute Gasteiger partial charge is 0.493 e. The van der Waals surface area contributed by atoms with Gasteiger partial charge >= 0.3 is 0 Å². The fraction of sp³-hybridized carbons (Fsp3) is 0.217. The van der Waals surface area contributed by atoms with E-state index in [0.29, 0.717) is 6.61 Å². The summed E-state index contributed by atoms with van der Waals surface area (Å²) in [5, 5.41) is 3.55. The molecule has 3 heteroatoms. The van der Waals surface area contributed by atoms with E-state index in [-0.39, 0.29) is 6.04 Å². The first-order valence-corrected chi connectivity index (χ1v) is 8.88. The maximum absolute atomic E-state index is 5.92. The molecule has 0 bridgehead atoms. The van der Waals surface area contributed by atoms with Crippen molar-refractivity contribution >= 4 is 0 Å². The zero-order valence-electron chi connectivity index (χ0n) is 15.3. The molecule has 0 aliphatic carbocycles. The molecule has 0 saturated carbocycles. The van der Waals surface area contributed by atoms with Crippen molar-refractivity contribution in [3.05, 3.63) is 95.6 Å².